The number of halogens is 3. The maximum Gasteiger partial charge on any atom is 0.244 e. The average molecular weight is 532 g/mol. The van der Waals surface area contributed by atoms with Gasteiger partial charge in [0.2, 0.25) is 21.8 Å². The molecule has 0 aromatic heterocycles. The number of sulfonamides is 1. The predicted molar refractivity (Wildman–Crippen MR) is 133 cm³/mol. The quantitative estimate of drug-likeness (QED) is 0.439. The molecule has 0 spiro atoms. The molecule has 2 rings (SSSR count). The van der Waals surface area contributed by atoms with E-state index in [9.17, 15) is 22.4 Å². The van der Waals surface area contributed by atoms with Crippen LogP contribution in [0.25, 0.3) is 0 Å². The van der Waals surface area contributed by atoms with Gasteiger partial charge in [-0.15, -0.1) is 0 Å². The molecule has 0 saturated carbocycles. The van der Waals surface area contributed by atoms with Gasteiger partial charge in [0.1, 0.15) is 18.4 Å². The maximum absolute atomic E-state index is 13.4. The van der Waals surface area contributed by atoms with Gasteiger partial charge in [0.15, 0.2) is 0 Å². The van der Waals surface area contributed by atoms with Gasteiger partial charge >= 0.3 is 0 Å². The lowest BCUT2D eigenvalue weighted by molar-refractivity contribution is -0.139. The van der Waals surface area contributed by atoms with Crippen molar-refractivity contribution in [2.45, 2.75) is 39.3 Å². The standard InChI is InChI=1S/C23H28Cl2FN3O4S/c1-4-5-12-27-23(31)16(2)28(14-17-6-11-20(24)21(25)13-17)22(30)15-29(34(3,32)33)19-9-7-18(26)8-10-19/h6-11,13,16H,4-5,12,14-15H2,1-3H3,(H,27,31)/t16-/m1/s1. The molecule has 0 radical (unpaired) electrons. The Balaban J connectivity index is 2.36. The molecule has 0 aliphatic rings. The summed E-state index contributed by atoms with van der Waals surface area (Å²) in [5.74, 6) is -1.52. The Morgan fingerprint density at radius 3 is 2.29 bits per heavy atom. The van der Waals surface area contributed by atoms with Crippen molar-refractivity contribution in [1.29, 1.82) is 0 Å². The van der Waals surface area contributed by atoms with E-state index in [1.54, 1.807) is 25.1 Å². The molecular weight excluding hydrogens is 504 g/mol. The monoisotopic (exact) mass is 531 g/mol. The third kappa shape index (κ3) is 7.85. The minimum absolute atomic E-state index is 0.000887. The van der Waals surface area contributed by atoms with Crippen molar-refractivity contribution in [2.75, 3.05) is 23.7 Å². The zero-order chi connectivity index (χ0) is 25.5. The molecule has 34 heavy (non-hydrogen) atoms. The maximum atomic E-state index is 13.4. The van der Waals surface area contributed by atoms with Crippen molar-refractivity contribution in [2.24, 2.45) is 0 Å². The summed E-state index contributed by atoms with van der Waals surface area (Å²) in [5.41, 5.74) is 0.746. The van der Waals surface area contributed by atoms with Crippen molar-refractivity contribution in [3.8, 4) is 0 Å². The number of hydrogen-bond donors (Lipinski definition) is 1. The van der Waals surface area contributed by atoms with Gasteiger partial charge in [-0.3, -0.25) is 13.9 Å². The molecule has 186 valence electrons. The Kier molecular flexibility index (Phi) is 10.1. The summed E-state index contributed by atoms with van der Waals surface area (Å²) >= 11 is 12.1. The number of rotatable bonds is 11. The first kappa shape index (κ1) is 27.9. The summed E-state index contributed by atoms with van der Waals surface area (Å²) in [6.07, 6.45) is 2.63. The van der Waals surface area contributed by atoms with Crippen LogP contribution in [-0.2, 0) is 26.2 Å². The smallest absolute Gasteiger partial charge is 0.244 e. The minimum Gasteiger partial charge on any atom is -0.354 e. The highest BCUT2D eigenvalue weighted by Gasteiger charge is 2.30. The van der Waals surface area contributed by atoms with Gasteiger partial charge in [-0.1, -0.05) is 42.6 Å². The lowest BCUT2D eigenvalue weighted by atomic mass is 10.1. The summed E-state index contributed by atoms with van der Waals surface area (Å²) < 4.78 is 39.1. The number of amides is 2. The SMILES string of the molecule is CCCCNC(=O)[C@@H](C)N(Cc1ccc(Cl)c(Cl)c1)C(=O)CN(c1ccc(F)cc1)S(C)(=O)=O. The number of nitrogens with zero attached hydrogens (tertiary/aromatic N) is 2. The number of nitrogens with one attached hydrogen (secondary N) is 1. The highest BCUT2D eigenvalue weighted by molar-refractivity contribution is 7.92. The number of hydrogen-bond acceptors (Lipinski definition) is 4. The van der Waals surface area contributed by atoms with E-state index in [0.717, 1.165) is 35.5 Å². The highest BCUT2D eigenvalue weighted by atomic mass is 35.5. The summed E-state index contributed by atoms with van der Waals surface area (Å²) in [5, 5.41) is 3.42. The molecular formula is C23H28Cl2FN3O4S. The number of anilines is 1. The van der Waals surface area contributed by atoms with Crippen LogP contribution in [0.3, 0.4) is 0 Å². The molecule has 1 N–H and O–H groups in total. The van der Waals surface area contributed by atoms with E-state index in [1.165, 1.54) is 17.0 Å². The molecule has 11 heteroatoms. The van der Waals surface area contributed by atoms with Gasteiger partial charge in [0.25, 0.3) is 0 Å². The van der Waals surface area contributed by atoms with Crippen LogP contribution in [0, 0.1) is 5.82 Å². The third-order valence-corrected chi connectivity index (χ3v) is 7.01. The van der Waals surface area contributed by atoms with Crippen molar-refractivity contribution in [3.05, 3.63) is 63.9 Å². The fourth-order valence-corrected chi connectivity index (χ4v) is 4.34. The molecule has 0 aliphatic carbocycles. The second kappa shape index (κ2) is 12.4. The van der Waals surface area contributed by atoms with Gasteiger partial charge < -0.3 is 10.2 Å². The zero-order valence-corrected chi connectivity index (χ0v) is 21.6. The van der Waals surface area contributed by atoms with Gasteiger partial charge in [-0.25, -0.2) is 12.8 Å². The number of benzene rings is 2. The highest BCUT2D eigenvalue weighted by Crippen LogP contribution is 2.24. The van der Waals surface area contributed by atoms with E-state index in [1.807, 2.05) is 6.92 Å². The van der Waals surface area contributed by atoms with E-state index in [4.69, 9.17) is 23.2 Å². The molecule has 2 amide bonds. The van der Waals surface area contributed by atoms with Gasteiger partial charge in [0.05, 0.1) is 22.0 Å². The van der Waals surface area contributed by atoms with E-state index < -0.39 is 34.3 Å². The van der Waals surface area contributed by atoms with E-state index in [2.05, 4.69) is 5.32 Å². The van der Waals surface area contributed by atoms with Crippen LogP contribution < -0.4 is 9.62 Å². The normalized spacial score (nSPS) is 12.2. The lowest BCUT2D eigenvalue weighted by Crippen LogP contribution is -2.51. The minimum atomic E-state index is -3.88. The zero-order valence-electron chi connectivity index (χ0n) is 19.2. The molecule has 2 aromatic rings. The van der Waals surface area contributed by atoms with Gasteiger partial charge in [-0.2, -0.15) is 0 Å². The summed E-state index contributed by atoms with van der Waals surface area (Å²) in [4.78, 5) is 27.4. The molecule has 7 nitrogen and oxygen atoms in total. The first-order valence-corrected chi connectivity index (χ1v) is 13.3. The van der Waals surface area contributed by atoms with Gasteiger partial charge in [-0.05, 0) is 55.3 Å². The molecule has 0 unspecified atom stereocenters. The van der Waals surface area contributed by atoms with Crippen LogP contribution in [0.2, 0.25) is 10.0 Å². The first-order chi connectivity index (χ1) is 15.9. The molecule has 0 heterocycles. The molecule has 0 aliphatic heterocycles. The Labute approximate surface area is 209 Å². The summed E-state index contributed by atoms with van der Waals surface area (Å²) in [7, 11) is -3.88. The van der Waals surface area contributed by atoms with Crippen LogP contribution >= 0.6 is 23.2 Å². The predicted octanol–water partition coefficient (Wildman–Crippen LogP) is 4.23. The van der Waals surface area contributed by atoms with Crippen LogP contribution in [0.1, 0.15) is 32.3 Å². The Hall–Kier alpha value is -2.36. The van der Waals surface area contributed by atoms with Gasteiger partial charge in [0, 0.05) is 13.1 Å². The summed E-state index contributed by atoms with van der Waals surface area (Å²) in [6.45, 7) is 3.45. The topological polar surface area (TPSA) is 86.8 Å². The second-order valence-corrected chi connectivity index (χ2v) is 10.6. The van der Waals surface area contributed by atoms with Crippen molar-refractivity contribution >= 4 is 50.7 Å². The average Bonchev–Trinajstić information content (AvgIpc) is 2.77. The Bertz CT molecular complexity index is 1110. The number of unbranched alkanes of at least 4 members (excludes halogenated alkanes) is 1. The first-order valence-electron chi connectivity index (χ1n) is 10.7. The molecule has 2 aromatic carbocycles. The number of carbonyl (C=O) groups is 2. The molecule has 0 fully saturated rings. The fraction of sp³-hybridized carbons (Fsp3) is 0.391. The third-order valence-electron chi connectivity index (χ3n) is 5.13. The summed E-state index contributed by atoms with van der Waals surface area (Å²) in [6, 6.07) is 8.69. The van der Waals surface area contributed by atoms with Crippen molar-refractivity contribution in [3.63, 3.8) is 0 Å². The molecule has 0 bridgehead atoms. The van der Waals surface area contributed by atoms with E-state index in [-0.39, 0.29) is 23.2 Å². The van der Waals surface area contributed by atoms with Crippen LogP contribution in [0.5, 0.6) is 0 Å². The fourth-order valence-electron chi connectivity index (χ4n) is 3.17. The van der Waals surface area contributed by atoms with Crippen molar-refractivity contribution in [1.82, 2.24) is 10.2 Å². The van der Waals surface area contributed by atoms with E-state index >= 15 is 0 Å². The molecule has 0 saturated heterocycles. The largest absolute Gasteiger partial charge is 0.354 e. The molecule has 1 atom stereocenters. The van der Waals surface area contributed by atoms with Crippen LogP contribution in [0.4, 0.5) is 10.1 Å². The Morgan fingerprint density at radius 2 is 1.74 bits per heavy atom. The van der Waals surface area contributed by atoms with Crippen LogP contribution in [-0.4, -0.2) is 50.5 Å². The van der Waals surface area contributed by atoms with Crippen LogP contribution in [0.15, 0.2) is 42.5 Å². The Morgan fingerprint density at radius 1 is 1.09 bits per heavy atom. The van der Waals surface area contributed by atoms with E-state index in [0.29, 0.717) is 17.1 Å². The second-order valence-electron chi connectivity index (χ2n) is 7.84. The van der Waals surface area contributed by atoms with Crippen molar-refractivity contribution < 1.29 is 22.4 Å². The number of carbonyl (C=O) groups excluding carboxylic acids is 2. The lowest BCUT2D eigenvalue weighted by Gasteiger charge is -2.31.